The van der Waals surface area contributed by atoms with Gasteiger partial charge in [-0.05, 0) is 25.1 Å². The van der Waals surface area contributed by atoms with Crippen LogP contribution in [0.4, 0.5) is 0 Å². The molecule has 5 heteroatoms. The Morgan fingerprint density at radius 3 is 2.60 bits per heavy atom. The van der Waals surface area contributed by atoms with E-state index in [1.54, 1.807) is 24.4 Å². The van der Waals surface area contributed by atoms with Crippen molar-refractivity contribution in [1.29, 1.82) is 0 Å². The average Bonchev–Trinajstić information content (AvgIpc) is 2.21. The molecule has 0 atom stereocenters. The molecule has 2 N–H and O–H groups in total. The van der Waals surface area contributed by atoms with E-state index in [0.29, 0.717) is 23.0 Å². The first kappa shape index (κ1) is 12.3. The number of halogens is 2. The predicted octanol–water partition coefficient (Wildman–Crippen LogP) is 2.84. The maximum atomic E-state index is 5.93. The van der Waals surface area contributed by atoms with Crippen molar-refractivity contribution in [1.82, 2.24) is 0 Å². The number of benzene rings is 1. The molecule has 0 unspecified atom stereocenters. The van der Waals surface area contributed by atoms with Crippen LogP contribution in [0.3, 0.4) is 0 Å². The second-order valence-electron chi connectivity index (χ2n) is 2.84. The number of hydrogen-bond acceptors (Lipinski definition) is 3. The lowest BCUT2D eigenvalue weighted by molar-refractivity contribution is 0.131. The summed E-state index contributed by atoms with van der Waals surface area (Å²) in [6.07, 6.45) is 2.31. The maximum absolute atomic E-state index is 5.93. The van der Waals surface area contributed by atoms with E-state index in [-0.39, 0.29) is 6.61 Å². The van der Waals surface area contributed by atoms with Gasteiger partial charge in [-0.3, -0.25) is 0 Å². The summed E-state index contributed by atoms with van der Waals surface area (Å²) < 4.78 is 0. The summed E-state index contributed by atoms with van der Waals surface area (Å²) in [6, 6.07) is 5.30. The van der Waals surface area contributed by atoms with Crippen molar-refractivity contribution in [2.75, 3.05) is 6.54 Å². The van der Waals surface area contributed by atoms with E-state index in [2.05, 4.69) is 5.16 Å². The van der Waals surface area contributed by atoms with E-state index in [1.165, 1.54) is 0 Å². The molecule has 0 aliphatic rings. The Bertz CT molecular complexity index is 322. The largest absolute Gasteiger partial charge is 0.391 e. The molecule has 0 saturated carbocycles. The summed E-state index contributed by atoms with van der Waals surface area (Å²) in [7, 11) is 0. The van der Waals surface area contributed by atoms with Crippen LogP contribution in [0.25, 0.3) is 0 Å². The lowest BCUT2D eigenvalue weighted by atomic mass is 10.2. The van der Waals surface area contributed by atoms with Crippen molar-refractivity contribution in [3.8, 4) is 0 Å². The molecule has 0 aromatic heterocycles. The van der Waals surface area contributed by atoms with Crippen LogP contribution in [0, 0.1) is 0 Å². The number of hydrogen-bond donors (Lipinski definition) is 1. The summed E-state index contributed by atoms with van der Waals surface area (Å²) in [6.45, 7) is 0.819. The Kier molecular flexibility index (Phi) is 5.47. The molecule has 0 aliphatic carbocycles. The van der Waals surface area contributed by atoms with E-state index >= 15 is 0 Å². The van der Waals surface area contributed by atoms with Crippen LogP contribution in [0.5, 0.6) is 0 Å². The lowest BCUT2D eigenvalue weighted by Crippen LogP contribution is -1.98. The second-order valence-corrected chi connectivity index (χ2v) is 3.65. The van der Waals surface area contributed by atoms with Crippen molar-refractivity contribution in [2.24, 2.45) is 10.9 Å². The molecule has 0 spiro atoms. The van der Waals surface area contributed by atoms with Gasteiger partial charge >= 0.3 is 0 Å². The van der Waals surface area contributed by atoms with Crippen LogP contribution < -0.4 is 5.73 Å². The van der Waals surface area contributed by atoms with Crippen LogP contribution in [-0.4, -0.2) is 12.8 Å². The Hall–Kier alpha value is -0.770. The van der Waals surface area contributed by atoms with Crippen LogP contribution in [0.2, 0.25) is 10.0 Å². The molecule has 3 nitrogen and oxygen atoms in total. The van der Waals surface area contributed by atoms with Crippen LogP contribution in [0.15, 0.2) is 23.4 Å². The highest BCUT2D eigenvalue weighted by Gasteiger charge is 2.04. The SMILES string of the molecule is NCCC=NOCc1c(Cl)cccc1Cl. The zero-order chi connectivity index (χ0) is 11.1. The standard InChI is InChI=1S/C10H12Cl2N2O/c11-9-3-1-4-10(12)8(9)7-15-14-6-2-5-13/h1,3-4,6H,2,5,7,13H2. The minimum absolute atomic E-state index is 0.263. The Morgan fingerprint density at radius 2 is 2.00 bits per heavy atom. The minimum atomic E-state index is 0.263. The third-order valence-electron chi connectivity index (χ3n) is 1.72. The number of nitrogens with zero attached hydrogens (tertiary/aromatic N) is 1. The zero-order valence-electron chi connectivity index (χ0n) is 8.12. The van der Waals surface area contributed by atoms with Crippen molar-refractivity contribution in [2.45, 2.75) is 13.0 Å². The first-order chi connectivity index (χ1) is 7.25. The molecule has 0 saturated heterocycles. The molecule has 0 fully saturated rings. The molecule has 0 radical (unpaired) electrons. The summed E-state index contributed by atoms with van der Waals surface area (Å²) >= 11 is 11.9. The van der Waals surface area contributed by atoms with Gasteiger partial charge in [0, 0.05) is 21.8 Å². The molecule has 1 aromatic rings. The third-order valence-corrected chi connectivity index (χ3v) is 2.42. The average molecular weight is 247 g/mol. The highest BCUT2D eigenvalue weighted by Crippen LogP contribution is 2.24. The van der Waals surface area contributed by atoms with Crippen molar-refractivity contribution in [3.05, 3.63) is 33.8 Å². The van der Waals surface area contributed by atoms with Crippen LogP contribution in [-0.2, 0) is 11.4 Å². The monoisotopic (exact) mass is 246 g/mol. The van der Waals surface area contributed by atoms with E-state index in [1.807, 2.05) is 0 Å². The zero-order valence-corrected chi connectivity index (χ0v) is 9.63. The van der Waals surface area contributed by atoms with Gasteiger partial charge in [0.1, 0.15) is 6.61 Å². The summed E-state index contributed by atoms with van der Waals surface area (Å²) in [5.41, 5.74) is 6.02. The predicted molar refractivity (Wildman–Crippen MR) is 63.4 cm³/mol. The molecule has 0 heterocycles. The van der Waals surface area contributed by atoms with E-state index in [9.17, 15) is 0 Å². The van der Waals surface area contributed by atoms with Gasteiger partial charge in [-0.1, -0.05) is 34.4 Å². The third kappa shape index (κ3) is 4.08. The van der Waals surface area contributed by atoms with Gasteiger partial charge in [0.25, 0.3) is 0 Å². The van der Waals surface area contributed by atoms with E-state index in [4.69, 9.17) is 33.8 Å². The molecule has 0 bridgehead atoms. The smallest absolute Gasteiger partial charge is 0.145 e. The fourth-order valence-electron chi connectivity index (χ4n) is 0.952. The Balaban J connectivity index is 2.50. The summed E-state index contributed by atoms with van der Waals surface area (Å²) in [4.78, 5) is 5.03. The van der Waals surface area contributed by atoms with E-state index < -0.39 is 0 Å². The molecular weight excluding hydrogens is 235 g/mol. The highest BCUT2D eigenvalue weighted by molar-refractivity contribution is 6.35. The van der Waals surface area contributed by atoms with Crippen molar-refractivity contribution < 1.29 is 4.84 Å². The highest BCUT2D eigenvalue weighted by atomic mass is 35.5. The molecule has 0 aliphatic heterocycles. The van der Waals surface area contributed by atoms with Crippen molar-refractivity contribution >= 4 is 29.4 Å². The number of nitrogens with two attached hydrogens (primary N) is 1. The molecule has 82 valence electrons. The summed E-state index contributed by atoms with van der Waals surface area (Å²) in [5.74, 6) is 0. The van der Waals surface area contributed by atoms with Crippen molar-refractivity contribution in [3.63, 3.8) is 0 Å². The summed E-state index contributed by atoms with van der Waals surface area (Å²) in [5, 5.41) is 4.88. The first-order valence-corrected chi connectivity index (χ1v) is 5.28. The fraction of sp³-hybridized carbons (Fsp3) is 0.300. The number of oxime groups is 1. The van der Waals surface area contributed by atoms with Gasteiger partial charge < -0.3 is 10.6 Å². The van der Waals surface area contributed by atoms with Crippen LogP contribution in [0.1, 0.15) is 12.0 Å². The molecule has 15 heavy (non-hydrogen) atoms. The van der Waals surface area contributed by atoms with Gasteiger partial charge in [-0.15, -0.1) is 0 Å². The topological polar surface area (TPSA) is 47.6 Å². The molecule has 1 aromatic carbocycles. The lowest BCUT2D eigenvalue weighted by Gasteiger charge is -2.04. The van der Waals surface area contributed by atoms with Gasteiger partial charge in [-0.25, -0.2) is 0 Å². The quantitative estimate of drug-likeness (QED) is 0.642. The van der Waals surface area contributed by atoms with E-state index in [0.717, 1.165) is 5.56 Å². The minimum Gasteiger partial charge on any atom is -0.391 e. The second kappa shape index (κ2) is 6.67. The van der Waals surface area contributed by atoms with Gasteiger partial charge in [-0.2, -0.15) is 0 Å². The molecular formula is C10H12Cl2N2O. The fourth-order valence-corrected chi connectivity index (χ4v) is 1.46. The maximum Gasteiger partial charge on any atom is 0.145 e. The van der Waals surface area contributed by atoms with Gasteiger partial charge in [0.15, 0.2) is 0 Å². The van der Waals surface area contributed by atoms with Gasteiger partial charge in [0.05, 0.1) is 0 Å². The Morgan fingerprint density at radius 1 is 1.33 bits per heavy atom. The Labute approximate surface area is 98.8 Å². The number of rotatable bonds is 5. The molecule has 0 amide bonds. The van der Waals surface area contributed by atoms with Gasteiger partial charge in [0.2, 0.25) is 0 Å². The molecule has 1 rings (SSSR count). The normalized spacial score (nSPS) is 10.9. The first-order valence-electron chi connectivity index (χ1n) is 4.52. The van der Waals surface area contributed by atoms with Crippen LogP contribution >= 0.6 is 23.2 Å².